The number of halogens is 1. The fraction of sp³-hybridized carbons (Fsp3) is 0.304. The maximum absolute atomic E-state index is 13.5. The molecule has 3 heterocycles. The van der Waals surface area contributed by atoms with Crippen LogP contribution in [0.15, 0.2) is 47.1 Å². The fourth-order valence-corrected chi connectivity index (χ4v) is 4.87. The van der Waals surface area contributed by atoms with Crippen LogP contribution in [0.4, 0.5) is 10.3 Å². The molecular weight excluding hydrogens is 507 g/mol. The van der Waals surface area contributed by atoms with Gasteiger partial charge in [0.1, 0.15) is 33.8 Å². The summed E-state index contributed by atoms with van der Waals surface area (Å²) in [5.41, 5.74) is -1.78. The summed E-state index contributed by atoms with van der Waals surface area (Å²) in [6.45, 7) is 4.23. The highest BCUT2D eigenvalue weighted by atomic mass is 32.2. The van der Waals surface area contributed by atoms with Gasteiger partial charge in [-0.3, -0.25) is 9.29 Å². The molecule has 2 N–H and O–H groups in total. The first-order valence-corrected chi connectivity index (χ1v) is 12.5. The second-order valence-corrected chi connectivity index (χ2v) is 10.3. The number of aliphatic hydroxyl groups is 1. The minimum Gasteiger partial charge on any atom is -0.494 e. The molecule has 0 aliphatic heterocycles. The topological polar surface area (TPSA) is 154 Å². The highest BCUT2D eigenvalue weighted by Crippen LogP contribution is 2.38. The quantitative estimate of drug-likeness (QED) is 0.329. The van der Waals surface area contributed by atoms with Crippen LogP contribution in [-0.2, 0) is 15.6 Å². The van der Waals surface area contributed by atoms with Crippen LogP contribution < -0.4 is 14.2 Å². The molecular formula is C23H25FN6O6S. The van der Waals surface area contributed by atoms with Crippen molar-refractivity contribution in [3.63, 3.8) is 0 Å². The van der Waals surface area contributed by atoms with Crippen LogP contribution in [0.1, 0.15) is 25.4 Å². The van der Waals surface area contributed by atoms with Crippen LogP contribution in [-0.4, -0.2) is 57.7 Å². The first kappa shape index (κ1) is 26.0. The van der Waals surface area contributed by atoms with E-state index in [0.29, 0.717) is 28.7 Å². The monoisotopic (exact) mass is 532 g/mol. The molecule has 1 unspecified atom stereocenters. The second-order valence-electron chi connectivity index (χ2n) is 8.27. The number of benzene rings is 1. The van der Waals surface area contributed by atoms with E-state index in [0.717, 1.165) is 12.4 Å². The molecule has 0 amide bonds. The molecule has 0 aliphatic carbocycles. The van der Waals surface area contributed by atoms with Crippen molar-refractivity contribution >= 4 is 16.0 Å². The van der Waals surface area contributed by atoms with Crippen molar-refractivity contribution in [3.8, 4) is 28.8 Å². The summed E-state index contributed by atoms with van der Waals surface area (Å²) in [6.07, 6.45) is 1.68. The normalized spacial score (nSPS) is 14.1. The number of hydrogen-bond acceptors (Lipinski definition) is 10. The van der Waals surface area contributed by atoms with Gasteiger partial charge in [0.15, 0.2) is 17.4 Å². The van der Waals surface area contributed by atoms with Gasteiger partial charge in [-0.25, -0.2) is 22.8 Å². The first-order chi connectivity index (χ1) is 17.5. The first-order valence-electron chi connectivity index (χ1n) is 10.9. The van der Waals surface area contributed by atoms with E-state index < -0.39 is 26.7 Å². The van der Waals surface area contributed by atoms with Gasteiger partial charge in [-0.1, -0.05) is 6.07 Å². The van der Waals surface area contributed by atoms with Gasteiger partial charge in [-0.2, -0.15) is 0 Å². The molecule has 37 heavy (non-hydrogen) atoms. The number of sulfonamides is 1. The molecule has 12 nitrogen and oxygen atoms in total. The van der Waals surface area contributed by atoms with E-state index in [-0.39, 0.29) is 17.6 Å². The summed E-state index contributed by atoms with van der Waals surface area (Å²) in [5, 5.41) is 17.7. The Balaban J connectivity index is 1.84. The molecule has 0 bridgehead atoms. The van der Waals surface area contributed by atoms with Crippen LogP contribution in [0.25, 0.3) is 17.3 Å². The molecule has 0 aliphatic rings. The van der Waals surface area contributed by atoms with E-state index in [1.807, 2.05) is 0 Å². The van der Waals surface area contributed by atoms with E-state index in [1.54, 1.807) is 37.3 Å². The summed E-state index contributed by atoms with van der Waals surface area (Å²) in [5.74, 6) is 0.516. The van der Waals surface area contributed by atoms with Crippen molar-refractivity contribution in [1.29, 1.82) is 0 Å². The Kier molecular flexibility index (Phi) is 6.88. The van der Waals surface area contributed by atoms with Gasteiger partial charge in [0.2, 0.25) is 21.8 Å². The molecule has 1 aromatic carbocycles. The Morgan fingerprint density at radius 1 is 1.11 bits per heavy atom. The number of aromatic nitrogens is 5. The molecule has 0 fully saturated rings. The Morgan fingerprint density at radius 2 is 1.73 bits per heavy atom. The number of nitrogens with zero attached hydrogens (tertiary/aromatic N) is 5. The zero-order chi connectivity index (χ0) is 27.0. The maximum atomic E-state index is 13.5. The van der Waals surface area contributed by atoms with Crippen LogP contribution in [0.2, 0.25) is 0 Å². The van der Waals surface area contributed by atoms with E-state index in [9.17, 15) is 17.9 Å². The van der Waals surface area contributed by atoms with Crippen LogP contribution in [0, 0.1) is 12.7 Å². The zero-order valence-corrected chi connectivity index (χ0v) is 21.4. The highest BCUT2D eigenvalue weighted by molar-refractivity contribution is 7.93. The van der Waals surface area contributed by atoms with Crippen molar-refractivity contribution in [3.05, 3.63) is 60.1 Å². The van der Waals surface area contributed by atoms with Gasteiger partial charge in [-0.05, 0) is 45.0 Å². The van der Waals surface area contributed by atoms with Crippen molar-refractivity contribution < 1.29 is 31.8 Å². The van der Waals surface area contributed by atoms with E-state index in [2.05, 4.69) is 24.9 Å². The molecule has 2 atom stereocenters. The Morgan fingerprint density at radius 3 is 2.27 bits per heavy atom. The smallest absolute Gasteiger partial charge is 0.243 e. The number of rotatable bonds is 9. The molecule has 0 radical (unpaired) electrons. The number of para-hydroxylation sites is 1. The molecule has 4 rings (SSSR count). The number of nitrogens with one attached hydrogen (secondary N) is 1. The lowest BCUT2D eigenvalue weighted by Crippen LogP contribution is -2.44. The predicted octanol–water partition coefficient (Wildman–Crippen LogP) is 2.82. The lowest BCUT2D eigenvalue weighted by molar-refractivity contribution is 0.0469. The third-order valence-corrected chi connectivity index (χ3v) is 7.67. The molecule has 0 saturated carbocycles. The number of aryl methyl sites for hydroxylation is 1. The molecule has 0 saturated heterocycles. The fourth-order valence-electron chi connectivity index (χ4n) is 3.60. The number of anilines is 1. The lowest BCUT2D eigenvalue weighted by atomic mass is 10.0. The minimum absolute atomic E-state index is 0.162. The largest absolute Gasteiger partial charge is 0.494 e. The van der Waals surface area contributed by atoms with Crippen molar-refractivity contribution in [1.82, 2.24) is 24.7 Å². The predicted molar refractivity (Wildman–Crippen MR) is 130 cm³/mol. The Bertz CT molecular complexity index is 1490. The van der Waals surface area contributed by atoms with Gasteiger partial charge in [0, 0.05) is 0 Å². The highest BCUT2D eigenvalue weighted by Gasteiger charge is 2.43. The Hall–Kier alpha value is -4.04. The standard InChI is InChI=1S/C23H25FN6O6S/c1-13-9-10-18(36-13)20-27-28-22(30(20)19-16(34-4)7-6-8-17(19)35-5)29-37(32,33)14(2)23(3,31)21-25-11-15(24)12-26-21/h6-12,14,31H,1-5H3,(H,28,29)/t14-,23?/m1/s1. The SMILES string of the molecule is COc1cccc(OC)c1-n1c(NS(=O)(=O)[C@H](C)C(C)(O)c2ncc(F)cn2)nnc1-c1ccc(C)o1. The zero-order valence-electron chi connectivity index (χ0n) is 20.6. The van der Waals surface area contributed by atoms with Gasteiger partial charge in [-0.15, -0.1) is 10.2 Å². The molecule has 196 valence electrons. The summed E-state index contributed by atoms with van der Waals surface area (Å²) in [4.78, 5) is 7.48. The number of furan rings is 1. The number of hydrogen-bond donors (Lipinski definition) is 2. The summed E-state index contributed by atoms with van der Waals surface area (Å²) >= 11 is 0. The Labute approximate surface area is 212 Å². The third-order valence-electron chi connectivity index (χ3n) is 5.81. The van der Waals surface area contributed by atoms with Crippen LogP contribution in [0.5, 0.6) is 11.5 Å². The lowest BCUT2D eigenvalue weighted by Gasteiger charge is -2.28. The third kappa shape index (κ3) is 4.84. The van der Waals surface area contributed by atoms with E-state index >= 15 is 0 Å². The number of ether oxygens (including phenoxy) is 2. The summed E-state index contributed by atoms with van der Waals surface area (Å²) in [7, 11) is -1.47. The van der Waals surface area contributed by atoms with Crippen molar-refractivity contribution in [2.75, 3.05) is 18.9 Å². The van der Waals surface area contributed by atoms with E-state index in [1.165, 1.54) is 32.6 Å². The number of methoxy groups -OCH3 is 2. The van der Waals surface area contributed by atoms with Crippen molar-refractivity contribution in [2.24, 2.45) is 0 Å². The van der Waals surface area contributed by atoms with Gasteiger partial charge >= 0.3 is 0 Å². The molecule has 14 heteroatoms. The van der Waals surface area contributed by atoms with Crippen LogP contribution >= 0.6 is 0 Å². The van der Waals surface area contributed by atoms with Gasteiger partial charge in [0.05, 0.1) is 26.6 Å². The molecule has 0 spiro atoms. The van der Waals surface area contributed by atoms with Gasteiger partial charge in [0.25, 0.3) is 0 Å². The second kappa shape index (κ2) is 9.78. The summed E-state index contributed by atoms with van der Waals surface area (Å²) < 4.78 is 60.7. The van der Waals surface area contributed by atoms with Crippen LogP contribution in [0.3, 0.4) is 0 Å². The summed E-state index contributed by atoms with van der Waals surface area (Å²) in [6, 6.07) is 8.40. The average molecular weight is 533 g/mol. The van der Waals surface area contributed by atoms with E-state index in [4.69, 9.17) is 13.9 Å². The maximum Gasteiger partial charge on any atom is 0.243 e. The van der Waals surface area contributed by atoms with Crippen molar-refractivity contribution in [2.45, 2.75) is 31.6 Å². The minimum atomic E-state index is -4.37. The van der Waals surface area contributed by atoms with Gasteiger partial charge < -0.3 is 19.0 Å². The molecule has 4 aromatic rings. The average Bonchev–Trinajstić information content (AvgIpc) is 3.48. The molecule has 3 aromatic heterocycles.